The van der Waals surface area contributed by atoms with E-state index in [1.165, 1.54) is 5.56 Å². The van der Waals surface area contributed by atoms with Gasteiger partial charge in [0.15, 0.2) is 0 Å². The van der Waals surface area contributed by atoms with Crippen LogP contribution in [0.25, 0.3) is 0 Å². The van der Waals surface area contributed by atoms with Crippen molar-refractivity contribution in [3.63, 3.8) is 0 Å². The van der Waals surface area contributed by atoms with E-state index < -0.39 is 0 Å². The molecule has 0 aliphatic carbocycles. The van der Waals surface area contributed by atoms with E-state index in [1.54, 1.807) is 0 Å². The van der Waals surface area contributed by atoms with E-state index in [0.717, 1.165) is 11.5 Å². The summed E-state index contributed by atoms with van der Waals surface area (Å²) in [5, 5.41) is 0. The Hall–Kier alpha value is -1.18. The smallest absolute Gasteiger partial charge is 0.123 e. The molecule has 2 nitrogen and oxygen atoms in total. The number of benzene rings is 1. The van der Waals surface area contributed by atoms with Crippen LogP contribution in [0.15, 0.2) is 18.2 Å². The highest BCUT2D eigenvalue weighted by atomic mass is 16.5. The van der Waals surface area contributed by atoms with Crippen molar-refractivity contribution >= 4 is 0 Å². The Morgan fingerprint density at radius 3 is 1.44 bits per heavy atom. The molecule has 0 fully saturated rings. The lowest BCUT2D eigenvalue weighted by Gasteiger charge is -2.22. The molecule has 1 rings (SSSR count). The Labute approximate surface area is 111 Å². The quantitative estimate of drug-likeness (QED) is 0.780. The topological polar surface area (TPSA) is 18.5 Å². The summed E-state index contributed by atoms with van der Waals surface area (Å²) in [4.78, 5) is 0. The number of hydrogen-bond donors (Lipinski definition) is 0. The Kier molecular flexibility index (Phi) is 4.66. The molecule has 0 atom stereocenters. The maximum absolute atomic E-state index is 5.79. The van der Waals surface area contributed by atoms with Gasteiger partial charge in [-0.1, -0.05) is 20.8 Å². The first-order valence-electron chi connectivity index (χ1n) is 6.67. The van der Waals surface area contributed by atoms with Gasteiger partial charge in [0.1, 0.15) is 11.5 Å². The summed E-state index contributed by atoms with van der Waals surface area (Å²) in [5.74, 6) is 1.76. The van der Waals surface area contributed by atoms with Gasteiger partial charge >= 0.3 is 0 Å². The SMILES string of the molecule is CC(C)Oc1cc(OC(C)C)cc(C(C)(C)C)c1. The van der Waals surface area contributed by atoms with Gasteiger partial charge in [-0.15, -0.1) is 0 Å². The van der Waals surface area contributed by atoms with Gasteiger partial charge < -0.3 is 9.47 Å². The highest BCUT2D eigenvalue weighted by molar-refractivity contribution is 5.41. The molecule has 0 aromatic heterocycles. The number of ether oxygens (including phenoxy) is 2. The number of hydrogen-bond acceptors (Lipinski definition) is 2. The summed E-state index contributed by atoms with van der Waals surface area (Å²) < 4.78 is 11.6. The predicted octanol–water partition coefficient (Wildman–Crippen LogP) is 4.56. The zero-order valence-electron chi connectivity index (χ0n) is 12.7. The van der Waals surface area contributed by atoms with Crippen molar-refractivity contribution in [2.24, 2.45) is 0 Å². The molecule has 18 heavy (non-hydrogen) atoms. The van der Waals surface area contributed by atoms with E-state index in [9.17, 15) is 0 Å². The lowest BCUT2D eigenvalue weighted by Crippen LogP contribution is -2.14. The van der Waals surface area contributed by atoms with E-state index in [0.29, 0.717) is 0 Å². The second-order valence-corrected chi connectivity index (χ2v) is 6.28. The molecule has 0 aliphatic heterocycles. The van der Waals surface area contributed by atoms with E-state index in [1.807, 2.05) is 33.8 Å². The molecule has 0 radical (unpaired) electrons. The molecule has 0 bridgehead atoms. The minimum atomic E-state index is 0.0887. The fourth-order valence-electron chi connectivity index (χ4n) is 1.69. The molecule has 0 N–H and O–H groups in total. The summed E-state index contributed by atoms with van der Waals surface area (Å²) in [6.07, 6.45) is 0.347. The van der Waals surface area contributed by atoms with Gasteiger partial charge in [-0.2, -0.15) is 0 Å². The third-order valence-electron chi connectivity index (χ3n) is 2.49. The van der Waals surface area contributed by atoms with E-state index in [-0.39, 0.29) is 17.6 Å². The molecule has 1 aromatic carbocycles. The third-order valence-corrected chi connectivity index (χ3v) is 2.49. The van der Waals surface area contributed by atoms with Crippen molar-refractivity contribution in [1.29, 1.82) is 0 Å². The fraction of sp³-hybridized carbons (Fsp3) is 0.625. The van der Waals surface area contributed by atoms with Crippen LogP contribution in [0.4, 0.5) is 0 Å². The standard InChI is InChI=1S/C16H26O2/c1-11(2)17-14-8-13(16(5,6)7)9-15(10-14)18-12(3)4/h8-12H,1-7H3. The largest absolute Gasteiger partial charge is 0.491 e. The Balaban J connectivity index is 3.11. The van der Waals surface area contributed by atoms with Gasteiger partial charge in [0.2, 0.25) is 0 Å². The van der Waals surface area contributed by atoms with Crippen LogP contribution >= 0.6 is 0 Å². The minimum absolute atomic E-state index is 0.0887. The highest BCUT2D eigenvalue weighted by Gasteiger charge is 2.17. The monoisotopic (exact) mass is 250 g/mol. The van der Waals surface area contributed by atoms with Gasteiger partial charge in [0.25, 0.3) is 0 Å². The van der Waals surface area contributed by atoms with Gasteiger partial charge in [-0.05, 0) is 50.8 Å². The van der Waals surface area contributed by atoms with Crippen LogP contribution in [0, 0.1) is 0 Å². The van der Waals surface area contributed by atoms with Gasteiger partial charge in [-0.25, -0.2) is 0 Å². The normalized spacial score (nSPS) is 12.1. The Bertz CT molecular complexity index is 358. The molecule has 2 heteroatoms. The van der Waals surface area contributed by atoms with Gasteiger partial charge in [0, 0.05) is 6.07 Å². The maximum atomic E-state index is 5.79. The van der Waals surface area contributed by atoms with E-state index >= 15 is 0 Å². The van der Waals surface area contributed by atoms with Crippen molar-refractivity contribution in [2.75, 3.05) is 0 Å². The van der Waals surface area contributed by atoms with Crippen LogP contribution < -0.4 is 9.47 Å². The average molecular weight is 250 g/mol. The van der Waals surface area contributed by atoms with Crippen LogP contribution in [0.1, 0.15) is 54.0 Å². The molecule has 0 aliphatic rings. The lowest BCUT2D eigenvalue weighted by atomic mass is 9.87. The minimum Gasteiger partial charge on any atom is -0.491 e. The molecule has 0 saturated heterocycles. The molecule has 102 valence electrons. The van der Waals surface area contributed by atoms with Crippen LogP contribution in [-0.2, 0) is 5.41 Å². The van der Waals surface area contributed by atoms with Gasteiger partial charge in [-0.3, -0.25) is 0 Å². The van der Waals surface area contributed by atoms with E-state index in [2.05, 4.69) is 32.9 Å². The molecule has 0 spiro atoms. The second-order valence-electron chi connectivity index (χ2n) is 6.28. The van der Waals surface area contributed by atoms with E-state index in [4.69, 9.17) is 9.47 Å². The summed E-state index contributed by atoms with van der Waals surface area (Å²) in [7, 11) is 0. The summed E-state index contributed by atoms with van der Waals surface area (Å²) in [6, 6.07) is 6.18. The molecule has 1 aromatic rings. The maximum Gasteiger partial charge on any atom is 0.123 e. The van der Waals surface area contributed by atoms with Crippen molar-refractivity contribution in [2.45, 2.75) is 66.1 Å². The second kappa shape index (κ2) is 5.64. The van der Waals surface area contributed by atoms with Crippen LogP contribution in [-0.4, -0.2) is 12.2 Å². The van der Waals surface area contributed by atoms with Gasteiger partial charge in [0.05, 0.1) is 12.2 Å². The highest BCUT2D eigenvalue weighted by Crippen LogP contribution is 2.31. The first-order chi connectivity index (χ1) is 8.18. The zero-order valence-corrected chi connectivity index (χ0v) is 12.7. The lowest BCUT2D eigenvalue weighted by molar-refractivity contribution is 0.228. The first kappa shape index (κ1) is 14.9. The summed E-state index contributed by atoms with van der Waals surface area (Å²) in [5.41, 5.74) is 1.32. The molecule has 0 amide bonds. The van der Waals surface area contributed by atoms with Crippen LogP contribution in [0.2, 0.25) is 0 Å². The first-order valence-corrected chi connectivity index (χ1v) is 6.67. The molecular formula is C16H26O2. The summed E-state index contributed by atoms with van der Waals surface area (Å²) >= 11 is 0. The Morgan fingerprint density at radius 1 is 0.778 bits per heavy atom. The zero-order chi connectivity index (χ0) is 13.9. The molecular weight excluding hydrogens is 224 g/mol. The molecule has 0 unspecified atom stereocenters. The molecule has 0 heterocycles. The summed E-state index contributed by atoms with van der Waals surface area (Å²) in [6.45, 7) is 14.7. The fourth-order valence-corrected chi connectivity index (χ4v) is 1.69. The van der Waals surface area contributed by atoms with Crippen LogP contribution in [0.5, 0.6) is 11.5 Å². The van der Waals surface area contributed by atoms with Crippen molar-refractivity contribution in [3.8, 4) is 11.5 Å². The van der Waals surface area contributed by atoms with Crippen LogP contribution in [0.3, 0.4) is 0 Å². The van der Waals surface area contributed by atoms with Crippen molar-refractivity contribution in [3.05, 3.63) is 23.8 Å². The number of rotatable bonds is 4. The Morgan fingerprint density at radius 2 is 1.17 bits per heavy atom. The predicted molar refractivity (Wildman–Crippen MR) is 76.7 cm³/mol. The molecule has 0 saturated carbocycles. The average Bonchev–Trinajstić information content (AvgIpc) is 2.13. The van der Waals surface area contributed by atoms with Crippen molar-refractivity contribution < 1.29 is 9.47 Å². The third kappa shape index (κ3) is 4.59. The van der Waals surface area contributed by atoms with Crippen molar-refractivity contribution in [1.82, 2.24) is 0 Å².